The Hall–Kier alpha value is -1.83. The van der Waals surface area contributed by atoms with Crippen molar-refractivity contribution >= 4 is 17.5 Å². The van der Waals surface area contributed by atoms with Gasteiger partial charge in [0.2, 0.25) is 5.91 Å². The first kappa shape index (κ1) is 16.5. The summed E-state index contributed by atoms with van der Waals surface area (Å²) < 4.78 is 43.8. The van der Waals surface area contributed by atoms with Gasteiger partial charge in [-0.15, -0.1) is 21.8 Å². The summed E-state index contributed by atoms with van der Waals surface area (Å²) >= 11 is 5.40. The molecule has 0 radical (unpaired) electrons. The van der Waals surface area contributed by atoms with Crippen molar-refractivity contribution in [2.75, 3.05) is 26.1 Å². The Bertz CT molecular complexity index is 569. The van der Waals surface area contributed by atoms with Gasteiger partial charge >= 0.3 is 11.8 Å². The van der Waals surface area contributed by atoms with Crippen molar-refractivity contribution < 1.29 is 22.7 Å². The lowest BCUT2D eigenvalue weighted by atomic mass is 10.0. The summed E-state index contributed by atoms with van der Waals surface area (Å²) in [5, 5.41) is 6.24. The van der Waals surface area contributed by atoms with Gasteiger partial charge in [0.15, 0.2) is 0 Å². The summed E-state index contributed by atoms with van der Waals surface area (Å²) in [6.45, 7) is 0.530. The molecule has 2 rings (SSSR count). The van der Waals surface area contributed by atoms with E-state index in [1.54, 1.807) is 7.05 Å². The molecule has 1 aromatic rings. The Labute approximate surface area is 129 Å². The predicted octanol–water partition coefficient (Wildman–Crippen LogP) is 2.94. The number of hydrogen-bond acceptors (Lipinski definition) is 4. The van der Waals surface area contributed by atoms with Crippen LogP contribution in [0.4, 0.5) is 13.2 Å². The molecule has 22 heavy (non-hydrogen) atoms. The third-order valence-corrected chi connectivity index (χ3v) is 3.42. The average molecular weight is 336 g/mol. The van der Waals surface area contributed by atoms with Crippen molar-refractivity contribution in [3.05, 3.63) is 29.8 Å². The summed E-state index contributed by atoms with van der Waals surface area (Å²) in [7, 11) is 1.58. The molecule has 0 aliphatic carbocycles. The van der Waals surface area contributed by atoms with Crippen molar-refractivity contribution in [1.82, 2.24) is 4.90 Å². The zero-order chi connectivity index (χ0) is 16.4. The number of hydrogen-bond donors (Lipinski definition) is 0. The first-order chi connectivity index (χ1) is 10.3. The van der Waals surface area contributed by atoms with E-state index < -0.39 is 11.8 Å². The number of likely N-dealkylation sites (N-methyl/N-ethyl adjacent to an activating group) is 1. The number of amides is 1. The molecule has 120 valence electrons. The van der Waals surface area contributed by atoms with E-state index in [4.69, 9.17) is 16.3 Å². The quantitative estimate of drug-likeness (QED) is 0.750. The van der Waals surface area contributed by atoms with Crippen LogP contribution in [-0.4, -0.2) is 43.1 Å². The van der Waals surface area contributed by atoms with Crippen molar-refractivity contribution in [2.45, 2.75) is 11.8 Å². The van der Waals surface area contributed by atoms with Crippen LogP contribution in [0.5, 0.6) is 5.75 Å². The normalized spacial score (nSPS) is 15.5. The topological polar surface area (TPSA) is 54.3 Å². The minimum atomic E-state index is -4.54. The molecule has 5 nitrogen and oxygen atoms in total. The Balaban J connectivity index is 1.90. The third kappa shape index (κ3) is 3.32. The largest absolute Gasteiger partial charge is 0.492 e. The van der Waals surface area contributed by atoms with E-state index in [-0.39, 0.29) is 24.0 Å². The van der Waals surface area contributed by atoms with Crippen LogP contribution in [0.25, 0.3) is 0 Å². The van der Waals surface area contributed by atoms with Crippen molar-refractivity contribution in [1.29, 1.82) is 0 Å². The fourth-order valence-electron chi connectivity index (χ4n) is 1.75. The van der Waals surface area contributed by atoms with Gasteiger partial charge < -0.3 is 9.64 Å². The fraction of sp³-hybridized carbons (Fsp3) is 0.462. The van der Waals surface area contributed by atoms with E-state index in [0.717, 1.165) is 0 Å². The molecule has 1 amide bonds. The van der Waals surface area contributed by atoms with E-state index >= 15 is 0 Å². The second-order valence-electron chi connectivity index (χ2n) is 4.69. The highest BCUT2D eigenvalue weighted by molar-refractivity contribution is 6.27. The van der Waals surface area contributed by atoms with Crippen LogP contribution in [-0.2, 0) is 10.5 Å². The number of halogens is 4. The monoisotopic (exact) mass is 335 g/mol. The molecule has 0 atom stereocenters. The number of nitrogens with zero attached hydrogens (tertiary/aromatic N) is 3. The van der Waals surface area contributed by atoms with Crippen molar-refractivity contribution in [2.24, 2.45) is 10.2 Å². The molecule has 0 aromatic heterocycles. The summed E-state index contributed by atoms with van der Waals surface area (Å²) in [5.74, 6) is 0.0516. The van der Waals surface area contributed by atoms with Crippen LogP contribution in [0, 0.1) is 0 Å². The second-order valence-corrected chi connectivity index (χ2v) is 4.96. The smallest absolute Gasteiger partial charge is 0.442 e. The molecule has 0 fully saturated rings. The number of alkyl halides is 4. The van der Waals surface area contributed by atoms with E-state index in [0.29, 0.717) is 12.3 Å². The molecule has 0 saturated heterocycles. The van der Waals surface area contributed by atoms with E-state index in [9.17, 15) is 18.0 Å². The molecule has 1 aliphatic rings. The molecule has 0 unspecified atom stereocenters. The predicted molar refractivity (Wildman–Crippen MR) is 72.9 cm³/mol. The van der Waals surface area contributed by atoms with Gasteiger partial charge in [-0.1, -0.05) is 12.1 Å². The van der Waals surface area contributed by atoms with Gasteiger partial charge in [0, 0.05) is 12.6 Å². The zero-order valence-electron chi connectivity index (χ0n) is 11.6. The van der Waals surface area contributed by atoms with Crippen LogP contribution in [0.3, 0.4) is 0 Å². The Kier molecular flexibility index (Phi) is 4.60. The highest BCUT2D eigenvalue weighted by Gasteiger charge is 2.65. The molecule has 1 heterocycles. The first-order valence-corrected chi connectivity index (χ1v) is 6.87. The summed E-state index contributed by atoms with van der Waals surface area (Å²) in [6.07, 6.45) is -4.54. The van der Waals surface area contributed by atoms with Crippen LogP contribution < -0.4 is 4.74 Å². The molecule has 9 heteroatoms. The lowest BCUT2D eigenvalue weighted by molar-refractivity contribution is -0.166. The maximum Gasteiger partial charge on any atom is 0.442 e. The van der Waals surface area contributed by atoms with Crippen LogP contribution in [0.2, 0.25) is 0 Å². The maximum absolute atomic E-state index is 12.8. The summed E-state index contributed by atoms with van der Waals surface area (Å²) in [6, 6.07) is 5.37. The van der Waals surface area contributed by atoms with Crippen LogP contribution in [0.1, 0.15) is 5.56 Å². The maximum atomic E-state index is 12.8. The fourth-order valence-corrected chi connectivity index (χ4v) is 1.96. The standard InChI is InChI=1S/C13H13ClF3N3O2/c1-20(11(21)8-14)6-7-22-10-4-2-9(3-5-10)12(18-19-12)13(15,16)17/h2-5H,6-8H2,1H3. The van der Waals surface area contributed by atoms with E-state index in [2.05, 4.69) is 10.2 Å². The van der Waals surface area contributed by atoms with E-state index in [1.807, 2.05) is 0 Å². The lowest BCUT2D eigenvalue weighted by Gasteiger charge is -2.17. The minimum absolute atomic E-state index is 0.0539. The molecule has 0 bridgehead atoms. The van der Waals surface area contributed by atoms with Gasteiger partial charge in [-0.25, -0.2) is 0 Å². The molecule has 1 aromatic carbocycles. The van der Waals surface area contributed by atoms with Crippen molar-refractivity contribution in [3.63, 3.8) is 0 Å². The number of carbonyl (C=O) groups excluding carboxylic acids is 1. The molecule has 0 spiro atoms. The molecule has 0 N–H and O–H groups in total. The van der Waals surface area contributed by atoms with Crippen LogP contribution >= 0.6 is 11.6 Å². The summed E-state index contributed by atoms with van der Waals surface area (Å²) in [5.41, 5.74) is -2.47. The number of ether oxygens (including phenoxy) is 1. The highest BCUT2D eigenvalue weighted by atomic mass is 35.5. The van der Waals surface area contributed by atoms with Gasteiger partial charge in [0.25, 0.3) is 0 Å². The Morgan fingerprint density at radius 2 is 1.91 bits per heavy atom. The summed E-state index contributed by atoms with van der Waals surface area (Å²) in [4.78, 5) is 12.6. The minimum Gasteiger partial charge on any atom is -0.492 e. The van der Waals surface area contributed by atoms with Crippen molar-refractivity contribution in [3.8, 4) is 5.75 Å². The number of benzene rings is 1. The van der Waals surface area contributed by atoms with Gasteiger partial charge in [-0.05, 0) is 12.1 Å². The van der Waals surface area contributed by atoms with E-state index in [1.165, 1.54) is 29.2 Å². The van der Waals surface area contributed by atoms with Gasteiger partial charge in [0.05, 0.1) is 6.54 Å². The number of rotatable bonds is 6. The average Bonchev–Trinajstić information content (AvgIpc) is 3.28. The Morgan fingerprint density at radius 1 is 1.32 bits per heavy atom. The van der Waals surface area contributed by atoms with Gasteiger partial charge in [-0.3, -0.25) is 4.79 Å². The second kappa shape index (κ2) is 6.12. The zero-order valence-corrected chi connectivity index (χ0v) is 12.4. The SMILES string of the molecule is CN(CCOc1ccc(C2(C(F)(F)F)N=N2)cc1)C(=O)CCl. The van der Waals surface area contributed by atoms with Gasteiger partial charge in [-0.2, -0.15) is 13.2 Å². The Morgan fingerprint density at radius 3 is 2.36 bits per heavy atom. The molecule has 1 aliphatic heterocycles. The van der Waals surface area contributed by atoms with Gasteiger partial charge in [0.1, 0.15) is 18.2 Å². The highest BCUT2D eigenvalue weighted by Crippen LogP contribution is 2.52. The molecular weight excluding hydrogens is 323 g/mol. The first-order valence-electron chi connectivity index (χ1n) is 6.34. The lowest BCUT2D eigenvalue weighted by Crippen LogP contribution is -2.31. The number of carbonyl (C=O) groups is 1. The molecular formula is C13H13ClF3N3O2. The van der Waals surface area contributed by atoms with Crippen LogP contribution in [0.15, 0.2) is 34.5 Å². The molecule has 0 saturated carbocycles. The third-order valence-electron chi connectivity index (χ3n) is 3.19.